The van der Waals surface area contributed by atoms with Gasteiger partial charge in [0.25, 0.3) is 0 Å². The second-order valence-corrected chi connectivity index (χ2v) is 9.51. The zero-order valence-electron chi connectivity index (χ0n) is 20.7. The molecule has 1 nitrogen and oxygen atoms in total. The normalized spacial score (nSPS) is 11.3. The minimum atomic E-state index is 1.23. The molecule has 0 unspecified atom stereocenters. The molecule has 1 rings (SSSR count). The van der Waals surface area contributed by atoms with Gasteiger partial charge in [-0.25, -0.2) is 0 Å². The van der Waals surface area contributed by atoms with E-state index in [0.717, 1.165) is 0 Å². The molecule has 0 bridgehead atoms. The Balaban J connectivity index is 2.02. The molecule has 0 fully saturated rings. The van der Waals surface area contributed by atoms with E-state index in [1.807, 2.05) is 6.20 Å². The predicted molar refractivity (Wildman–Crippen MR) is 135 cm³/mol. The van der Waals surface area contributed by atoms with Gasteiger partial charge in [-0.1, -0.05) is 129 Å². The zero-order chi connectivity index (χ0) is 21.5. The predicted octanol–water partition coefficient (Wildman–Crippen LogP) is 10.0. The van der Waals surface area contributed by atoms with Crippen molar-refractivity contribution in [3.63, 3.8) is 0 Å². The van der Waals surface area contributed by atoms with E-state index in [1.54, 1.807) is 5.56 Å². The van der Waals surface area contributed by atoms with Crippen molar-refractivity contribution >= 4 is 0 Å². The largest absolute Gasteiger partial charge is 0.264 e. The molecule has 0 radical (unpaired) electrons. The molecule has 0 amide bonds. The molecule has 0 saturated carbocycles. The number of unbranched alkanes of at least 4 members (excludes halogenated alkanes) is 18. The molecular weight excluding hydrogens is 362 g/mol. The zero-order valence-corrected chi connectivity index (χ0v) is 20.7. The summed E-state index contributed by atoms with van der Waals surface area (Å²) in [6.07, 6.45) is 35.0. The summed E-state index contributed by atoms with van der Waals surface area (Å²) < 4.78 is 0. The van der Waals surface area contributed by atoms with E-state index in [9.17, 15) is 0 Å². The number of pyridine rings is 1. The third-order valence-electron chi connectivity index (χ3n) is 6.60. The van der Waals surface area contributed by atoms with Gasteiger partial charge < -0.3 is 0 Å². The molecule has 0 saturated heterocycles. The number of aromatic nitrogens is 1. The Kier molecular flexibility index (Phi) is 19.4. The molecule has 0 aliphatic carbocycles. The van der Waals surface area contributed by atoms with Gasteiger partial charge in [-0.15, -0.1) is 0 Å². The van der Waals surface area contributed by atoms with Crippen molar-refractivity contribution in [2.75, 3.05) is 0 Å². The number of hydrogen-bond acceptors (Lipinski definition) is 1. The minimum absolute atomic E-state index is 1.23. The molecule has 0 N–H and O–H groups in total. The van der Waals surface area contributed by atoms with Gasteiger partial charge in [-0.3, -0.25) is 4.98 Å². The van der Waals surface area contributed by atoms with Crippen LogP contribution in [0.3, 0.4) is 0 Å². The summed E-state index contributed by atoms with van der Waals surface area (Å²) in [6.45, 7) is 4.59. The maximum absolute atomic E-state index is 4.41. The van der Waals surface area contributed by atoms with E-state index in [-0.39, 0.29) is 0 Å². The van der Waals surface area contributed by atoms with Crippen LogP contribution in [-0.4, -0.2) is 4.98 Å². The summed E-state index contributed by atoms with van der Waals surface area (Å²) in [7, 11) is 0. The maximum atomic E-state index is 4.41. The summed E-state index contributed by atoms with van der Waals surface area (Å²) in [5.74, 6) is 0. The summed E-state index contributed by atoms with van der Waals surface area (Å²) in [5.41, 5.74) is 3.09. The van der Waals surface area contributed by atoms with E-state index in [4.69, 9.17) is 0 Å². The lowest BCUT2D eigenvalue weighted by Crippen LogP contribution is -1.96. The third-order valence-corrected chi connectivity index (χ3v) is 6.60. The quantitative estimate of drug-likeness (QED) is 0.172. The molecule has 0 aliphatic rings. The second-order valence-electron chi connectivity index (χ2n) is 9.51. The Morgan fingerprint density at radius 2 is 0.833 bits per heavy atom. The van der Waals surface area contributed by atoms with Crippen LogP contribution in [0, 0.1) is 0 Å². The van der Waals surface area contributed by atoms with Crippen LogP contribution in [0.15, 0.2) is 18.5 Å². The van der Waals surface area contributed by atoms with Crippen molar-refractivity contribution in [2.24, 2.45) is 0 Å². The summed E-state index contributed by atoms with van der Waals surface area (Å²) in [4.78, 5) is 4.41. The summed E-state index contributed by atoms with van der Waals surface area (Å²) >= 11 is 0. The van der Waals surface area contributed by atoms with E-state index in [1.165, 1.54) is 147 Å². The van der Waals surface area contributed by atoms with Crippen molar-refractivity contribution < 1.29 is 0 Å². The fourth-order valence-electron chi connectivity index (χ4n) is 4.53. The standard InChI is InChI=1S/C29H53N/c1-3-5-7-9-11-13-15-17-19-21-23-28-25-26-30-27-29(28)24-22-20-18-16-14-12-10-8-6-4-2/h25-27H,3-24H2,1-2H3. The Morgan fingerprint density at radius 1 is 0.467 bits per heavy atom. The van der Waals surface area contributed by atoms with Gasteiger partial charge in [0.05, 0.1) is 0 Å². The number of rotatable bonds is 22. The first kappa shape index (κ1) is 27.2. The van der Waals surface area contributed by atoms with Crippen molar-refractivity contribution in [1.29, 1.82) is 0 Å². The second kappa shape index (κ2) is 21.4. The van der Waals surface area contributed by atoms with Crippen molar-refractivity contribution in [2.45, 2.75) is 155 Å². The molecule has 0 spiro atoms. The van der Waals surface area contributed by atoms with Gasteiger partial charge in [0.2, 0.25) is 0 Å². The van der Waals surface area contributed by atoms with Gasteiger partial charge in [0, 0.05) is 12.4 Å². The lowest BCUT2D eigenvalue weighted by atomic mass is 9.98. The molecule has 0 aromatic carbocycles. The molecule has 0 atom stereocenters. The number of nitrogens with zero attached hydrogens (tertiary/aromatic N) is 1. The number of aryl methyl sites for hydroxylation is 2. The Labute approximate surface area is 189 Å². The summed E-state index contributed by atoms with van der Waals surface area (Å²) in [6, 6.07) is 2.28. The molecular formula is C29H53N. The Morgan fingerprint density at radius 3 is 1.27 bits per heavy atom. The molecule has 1 aromatic heterocycles. The van der Waals surface area contributed by atoms with Crippen LogP contribution in [0.4, 0.5) is 0 Å². The van der Waals surface area contributed by atoms with Gasteiger partial charge in [-0.05, 0) is 42.9 Å². The van der Waals surface area contributed by atoms with Crippen molar-refractivity contribution in [1.82, 2.24) is 4.98 Å². The van der Waals surface area contributed by atoms with E-state index in [2.05, 4.69) is 31.1 Å². The fourth-order valence-corrected chi connectivity index (χ4v) is 4.53. The van der Waals surface area contributed by atoms with Crippen LogP contribution in [-0.2, 0) is 12.8 Å². The van der Waals surface area contributed by atoms with Crippen LogP contribution in [0.25, 0.3) is 0 Å². The van der Waals surface area contributed by atoms with Gasteiger partial charge in [0.15, 0.2) is 0 Å². The highest BCUT2D eigenvalue weighted by Crippen LogP contribution is 2.17. The van der Waals surface area contributed by atoms with Gasteiger partial charge in [-0.2, -0.15) is 0 Å². The fraction of sp³-hybridized carbons (Fsp3) is 0.828. The first-order valence-electron chi connectivity index (χ1n) is 13.8. The molecule has 1 heteroatoms. The van der Waals surface area contributed by atoms with Crippen LogP contribution < -0.4 is 0 Å². The van der Waals surface area contributed by atoms with Crippen LogP contribution in [0.5, 0.6) is 0 Å². The third kappa shape index (κ3) is 15.9. The highest BCUT2D eigenvalue weighted by molar-refractivity contribution is 5.23. The average Bonchev–Trinajstić information content (AvgIpc) is 2.77. The summed E-state index contributed by atoms with van der Waals surface area (Å²) in [5, 5.41) is 0. The topological polar surface area (TPSA) is 12.9 Å². The van der Waals surface area contributed by atoms with Crippen LogP contribution in [0.1, 0.15) is 153 Å². The number of hydrogen-bond donors (Lipinski definition) is 0. The molecule has 1 aromatic rings. The van der Waals surface area contributed by atoms with Crippen LogP contribution in [0.2, 0.25) is 0 Å². The van der Waals surface area contributed by atoms with Crippen molar-refractivity contribution in [3.05, 3.63) is 29.6 Å². The highest BCUT2D eigenvalue weighted by Gasteiger charge is 2.03. The SMILES string of the molecule is CCCCCCCCCCCCc1ccncc1CCCCCCCCCCCC. The van der Waals surface area contributed by atoms with Crippen LogP contribution >= 0.6 is 0 Å². The Bertz CT molecular complexity index is 424. The smallest absolute Gasteiger partial charge is 0.0302 e. The first-order chi connectivity index (χ1) is 14.9. The van der Waals surface area contributed by atoms with E-state index in [0.29, 0.717) is 0 Å². The Hall–Kier alpha value is -0.850. The minimum Gasteiger partial charge on any atom is -0.264 e. The molecule has 174 valence electrons. The van der Waals surface area contributed by atoms with E-state index < -0.39 is 0 Å². The monoisotopic (exact) mass is 415 g/mol. The molecule has 0 aliphatic heterocycles. The highest BCUT2D eigenvalue weighted by atomic mass is 14.6. The molecule has 30 heavy (non-hydrogen) atoms. The van der Waals surface area contributed by atoms with E-state index >= 15 is 0 Å². The lowest BCUT2D eigenvalue weighted by molar-refractivity contribution is 0.553. The van der Waals surface area contributed by atoms with Gasteiger partial charge >= 0.3 is 0 Å². The molecule has 1 heterocycles. The van der Waals surface area contributed by atoms with Gasteiger partial charge in [0.1, 0.15) is 0 Å². The first-order valence-corrected chi connectivity index (χ1v) is 13.8. The average molecular weight is 416 g/mol. The van der Waals surface area contributed by atoms with Crippen molar-refractivity contribution in [3.8, 4) is 0 Å². The lowest BCUT2D eigenvalue weighted by Gasteiger charge is -2.09. The maximum Gasteiger partial charge on any atom is 0.0302 e.